The van der Waals surface area contributed by atoms with E-state index < -0.39 is 23.6 Å². The summed E-state index contributed by atoms with van der Waals surface area (Å²) >= 11 is 0. The van der Waals surface area contributed by atoms with Crippen LogP contribution in [-0.2, 0) is 15.8 Å². The lowest BCUT2D eigenvalue weighted by Crippen LogP contribution is -2.31. The van der Waals surface area contributed by atoms with Crippen LogP contribution in [0.1, 0.15) is 18.1 Å². The number of pyridine rings is 1. The lowest BCUT2D eigenvalue weighted by Gasteiger charge is -2.09. The molecule has 0 aliphatic rings. The zero-order valence-electron chi connectivity index (χ0n) is 16.0. The summed E-state index contributed by atoms with van der Waals surface area (Å²) in [7, 11) is 0. The highest BCUT2D eigenvalue weighted by Crippen LogP contribution is 2.30. The van der Waals surface area contributed by atoms with Crippen LogP contribution in [0.25, 0.3) is 16.5 Å². The topological polar surface area (TPSA) is 71.1 Å². The number of carbonyl (C=O) groups is 2. The number of anilines is 1. The number of benzene rings is 2. The van der Waals surface area contributed by atoms with E-state index in [1.54, 1.807) is 31.3 Å². The van der Waals surface area contributed by atoms with Gasteiger partial charge in [-0.25, -0.2) is 0 Å². The molecule has 3 rings (SSSR count). The molecular weight excluding hydrogens is 395 g/mol. The number of halogens is 3. The van der Waals surface area contributed by atoms with Crippen molar-refractivity contribution in [3.05, 3.63) is 78.0 Å². The summed E-state index contributed by atoms with van der Waals surface area (Å²) < 4.78 is 37.9. The van der Waals surface area contributed by atoms with Gasteiger partial charge < -0.3 is 10.6 Å². The highest BCUT2D eigenvalue weighted by Gasteiger charge is 2.29. The van der Waals surface area contributed by atoms with Crippen LogP contribution in [0.5, 0.6) is 0 Å². The molecule has 2 N–H and O–H groups in total. The fourth-order valence-corrected chi connectivity index (χ4v) is 2.82. The molecule has 0 aliphatic heterocycles. The highest BCUT2D eigenvalue weighted by atomic mass is 19.4. The summed E-state index contributed by atoms with van der Waals surface area (Å²) in [6, 6.07) is 13.5. The average Bonchev–Trinajstić information content (AvgIpc) is 2.72. The van der Waals surface area contributed by atoms with Gasteiger partial charge in [0.1, 0.15) is 0 Å². The molecule has 1 aromatic heterocycles. The minimum atomic E-state index is -4.42. The fraction of sp³-hybridized carbons (Fsp3) is 0.136. The standard InChI is InChI=1S/C22H18F3N3O2/c1-14(15-7-9-17(10-8-15)22(23,24)25)12-19(29)27-13-20(30)28-18-6-2-4-16-5-3-11-26-21(16)18/h2-12H,13H2,1H3,(H,27,29)(H,28,30)/b14-12-. The summed E-state index contributed by atoms with van der Waals surface area (Å²) in [5.74, 6) is -0.958. The van der Waals surface area contributed by atoms with Crippen molar-refractivity contribution in [3.8, 4) is 0 Å². The van der Waals surface area contributed by atoms with Crippen LogP contribution in [0.4, 0.5) is 18.9 Å². The zero-order valence-corrected chi connectivity index (χ0v) is 16.0. The Labute approximate surface area is 170 Å². The number of hydrogen-bond acceptors (Lipinski definition) is 3. The first kappa shape index (κ1) is 21.0. The third-order valence-corrected chi connectivity index (χ3v) is 4.35. The van der Waals surface area contributed by atoms with E-state index in [1.807, 2.05) is 12.1 Å². The Morgan fingerprint density at radius 1 is 1.03 bits per heavy atom. The molecule has 0 radical (unpaired) electrons. The Bertz CT molecular complexity index is 1100. The smallest absolute Gasteiger partial charge is 0.343 e. The number of nitrogens with one attached hydrogen (secondary N) is 2. The second-order valence-electron chi connectivity index (χ2n) is 6.55. The first-order valence-electron chi connectivity index (χ1n) is 9.01. The predicted molar refractivity (Wildman–Crippen MR) is 108 cm³/mol. The lowest BCUT2D eigenvalue weighted by atomic mass is 10.0. The number of hydrogen-bond donors (Lipinski definition) is 2. The van der Waals surface area contributed by atoms with Crippen molar-refractivity contribution in [2.75, 3.05) is 11.9 Å². The van der Waals surface area contributed by atoms with E-state index in [-0.39, 0.29) is 6.54 Å². The SMILES string of the molecule is C/C(=C/C(=O)NCC(=O)Nc1cccc2cccnc12)c1ccc(C(F)(F)F)cc1. The van der Waals surface area contributed by atoms with Gasteiger partial charge in [0, 0.05) is 17.7 Å². The molecule has 0 saturated heterocycles. The minimum absolute atomic E-state index is 0.265. The maximum atomic E-state index is 12.6. The molecule has 0 fully saturated rings. The van der Waals surface area contributed by atoms with Gasteiger partial charge in [-0.3, -0.25) is 14.6 Å². The molecule has 154 valence electrons. The van der Waals surface area contributed by atoms with Crippen molar-refractivity contribution in [2.24, 2.45) is 0 Å². The van der Waals surface area contributed by atoms with Crippen LogP contribution in [0.15, 0.2) is 66.9 Å². The minimum Gasteiger partial charge on any atom is -0.343 e. The molecule has 5 nitrogen and oxygen atoms in total. The van der Waals surface area contributed by atoms with E-state index in [0.29, 0.717) is 22.3 Å². The summed E-state index contributed by atoms with van der Waals surface area (Å²) in [5, 5.41) is 6.03. The van der Waals surface area contributed by atoms with Crippen LogP contribution in [0, 0.1) is 0 Å². The maximum absolute atomic E-state index is 12.6. The van der Waals surface area contributed by atoms with Crippen molar-refractivity contribution in [1.82, 2.24) is 10.3 Å². The number of carbonyl (C=O) groups excluding carboxylic acids is 2. The number of rotatable bonds is 5. The van der Waals surface area contributed by atoms with Gasteiger partial charge >= 0.3 is 6.18 Å². The summed E-state index contributed by atoms with van der Waals surface area (Å²) in [6.07, 6.45) is -1.57. The summed E-state index contributed by atoms with van der Waals surface area (Å²) in [5.41, 5.74) is 1.36. The molecule has 8 heteroatoms. The molecule has 30 heavy (non-hydrogen) atoms. The zero-order chi connectivity index (χ0) is 21.7. The molecule has 0 unspecified atom stereocenters. The van der Waals surface area contributed by atoms with E-state index >= 15 is 0 Å². The van der Waals surface area contributed by atoms with Crippen LogP contribution in [0.2, 0.25) is 0 Å². The number of nitrogens with zero attached hydrogens (tertiary/aromatic N) is 1. The number of aromatic nitrogens is 1. The largest absolute Gasteiger partial charge is 0.416 e. The second kappa shape index (κ2) is 8.77. The quantitative estimate of drug-likeness (QED) is 0.609. The third-order valence-electron chi connectivity index (χ3n) is 4.35. The van der Waals surface area contributed by atoms with Crippen LogP contribution in [0.3, 0.4) is 0 Å². The molecule has 0 spiro atoms. The normalized spacial score (nSPS) is 11.9. The van der Waals surface area contributed by atoms with Crippen molar-refractivity contribution in [1.29, 1.82) is 0 Å². The number of allylic oxidation sites excluding steroid dienone is 1. The Morgan fingerprint density at radius 3 is 2.43 bits per heavy atom. The molecule has 3 aromatic rings. The summed E-state index contributed by atoms with van der Waals surface area (Å²) in [4.78, 5) is 28.5. The second-order valence-corrected chi connectivity index (χ2v) is 6.55. The Morgan fingerprint density at radius 2 is 1.73 bits per heavy atom. The summed E-state index contributed by atoms with van der Waals surface area (Å²) in [6.45, 7) is 1.34. The van der Waals surface area contributed by atoms with Crippen molar-refractivity contribution >= 4 is 34.0 Å². The molecule has 2 aromatic carbocycles. The van der Waals surface area contributed by atoms with Gasteiger partial charge in [-0.2, -0.15) is 13.2 Å². The first-order chi connectivity index (χ1) is 14.2. The first-order valence-corrected chi connectivity index (χ1v) is 9.01. The van der Waals surface area contributed by atoms with Gasteiger partial charge in [0.15, 0.2) is 0 Å². The monoisotopic (exact) mass is 413 g/mol. The number of fused-ring (bicyclic) bond motifs is 1. The van der Waals surface area contributed by atoms with E-state index in [9.17, 15) is 22.8 Å². The van der Waals surface area contributed by atoms with E-state index in [2.05, 4.69) is 15.6 Å². The molecular formula is C22H18F3N3O2. The Hall–Kier alpha value is -3.68. The number of amides is 2. The number of para-hydroxylation sites is 1. The van der Waals surface area contributed by atoms with Crippen LogP contribution in [-0.4, -0.2) is 23.3 Å². The average molecular weight is 413 g/mol. The third kappa shape index (κ3) is 5.22. The van der Waals surface area contributed by atoms with Crippen molar-refractivity contribution < 1.29 is 22.8 Å². The van der Waals surface area contributed by atoms with Crippen LogP contribution >= 0.6 is 0 Å². The van der Waals surface area contributed by atoms with Gasteiger partial charge in [0.2, 0.25) is 11.8 Å². The van der Waals surface area contributed by atoms with Gasteiger partial charge in [-0.05, 0) is 42.3 Å². The maximum Gasteiger partial charge on any atom is 0.416 e. The number of alkyl halides is 3. The van der Waals surface area contributed by atoms with Gasteiger partial charge in [-0.1, -0.05) is 30.3 Å². The molecule has 1 heterocycles. The Balaban J connectivity index is 1.58. The van der Waals surface area contributed by atoms with Crippen molar-refractivity contribution in [3.63, 3.8) is 0 Å². The fourth-order valence-electron chi connectivity index (χ4n) is 2.82. The lowest BCUT2D eigenvalue weighted by molar-refractivity contribution is -0.137. The van der Waals surface area contributed by atoms with Gasteiger partial charge in [0.25, 0.3) is 0 Å². The van der Waals surface area contributed by atoms with E-state index in [4.69, 9.17) is 0 Å². The highest BCUT2D eigenvalue weighted by molar-refractivity contribution is 6.03. The van der Waals surface area contributed by atoms with E-state index in [1.165, 1.54) is 18.2 Å². The van der Waals surface area contributed by atoms with Gasteiger partial charge in [0.05, 0.1) is 23.3 Å². The van der Waals surface area contributed by atoms with E-state index in [0.717, 1.165) is 17.5 Å². The van der Waals surface area contributed by atoms with Crippen molar-refractivity contribution in [2.45, 2.75) is 13.1 Å². The molecule has 2 amide bonds. The molecule has 0 bridgehead atoms. The van der Waals surface area contributed by atoms with Gasteiger partial charge in [-0.15, -0.1) is 0 Å². The predicted octanol–water partition coefficient (Wildman–Crippen LogP) is 4.41. The Kier molecular flexibility index (Phi) is 6.15. The van der Waals surface area contributed by atoms with Crippen LogP contribution < -0.4 is 10.6 Å². The molecule has 0 atom stereocenters. The molecule has 0 aliphatic carbocycles. The molecule has 0 saturated carbocycles.